The molecule has 1 atom stereocenters. The molecule has 0 saturated heterocycles. The monoisotopic (exact) mass is 306 g/mol. The lowest BCUT2D eigenvalue weighted by atomic mass is 10.0. The van der Waals surface area contributed by atoms with E-state index >= 15 is 0 Å². The van der Waals surface area contributed by atoms with Gasteiger partial charge in [0.15, 0.2) is 0 Å². The number of thioether (sulfide) groups is 1. The van der Waals surface area contributed by atoms with E-state index in [0.29, 0.717) is 6.04 Å². The van der Waals surface area contributed by atoms with E-state index in [1.807, 2.05) is 23.3 Å². The van der Waals surface area contributed by atoms with Crippen LogP contribution >= 0.6 is 23.1 Å². The average Bonchev–Trinajstić information content (AvgIpc) is 3.01. The third kappa shape index (κ3) is 4.62. The number of nitrogens with zero attached hydrogens (tertiary/aromatic N) is 1. The Labute approximate surface area is 130 Å². The summed E-state index contributed by atoms with van der Waals surface area (Å²) in [5.74, 6) is 1.03. The second-order valence-corrected chi connectivity index (χ2v) is 6.87. The molecule has 0 aliphatic carbocycles. The third-order valence-corrected chi connectivity index (χ3v) is 5.27. The molecule has 2 aromatic rings. The van der Waals surface area contributed by atoms with Crippen LogP contribution < -0.4 is 5.32 Å². The first kappa shape index (κ1) is 15.5. The maximum Gasteiger partial charge on any atom is 0.149 e. The number of benzene rings is 1. The fourth-order valence-electron chi connectivity index (χ4n) is 2.01. The topological polar surface area (TPSA) is 24.9 Å². The molecule has 0 fully saturated rings. The fraction of sp³-hybridized carbons (Fsp3) is 0.438. The van der Waals surface area contributed by atoms with Gasteiger partial charge in [-0.2, -0.15) is 0 Å². The predicted molar refractivity (Wildman–Crippen MR) is 89.7 cm³/mol. The summed E-state index contributed by atoms with van der Waals surface area (Å²) in [6.07, 6.45) is 4.13. The second-order valence-electron chi connectivity index (χ2n) is 4.71. The maximum absolute atomic E-state index is 4.34. The van der Waals surface area contributed by atoms with Crippen molar-refractivity contribution in [1.82, 2.24) is 10.3 Å². The van der Waals surface area contributed by atoms with Crippen molar-refractivity contribution in [3.05, 3.63) is 47.0 Å². The van der Waals surface area contributed by atoms with Gasteiger partial charge in [0, 0.05) is 23.4 Å². The number of nitrogens with one attached hydrogen (secondary N) is 1. The van der Waals surface area contributed by atoms with Crippen LogP contribution in [0.25, 0.3) is 0 Å². The molecule has 108 valence electrons. The van der Waals surface area contributed by atoms with Crippen LogP contribution in [0.2, 0.25) is 0 Å². The minimum Gasteiger partial charge on any atom is -0.309 e. The summed E-state index contributed by atoms with van der Waals surface area (Å²) >= 11 is 3.55. The van der Waals surface area contributed by atoms with Crippen LogP contribution in [0.3, 0.4) is 0 Å². The van der Waals surface area contributed by atoms with Gasteiger partial charge in [-0.15, -0.1) is 11.3 Å². The van der Waals surface area contributed by atoms with E-state index in [1.54, 1.807) is 11.3 Å². The molecule has 1 heterocycles. The van der Waals surface area contributed by atoms with Crippen molar-refractivity contribution >= 4 is 23.1 Å². The van der Waals surface area contributed by atoms with Crippen molar-refractivity contribution in [2.75, 3.05) is 12.3 Å². The molecule has 1 aromatic heterocycles. The lowest BCUT2D eigenvalue weighted by molar-refractivity contribution is 0.577. The molecule has 1 aromatic carbocycles. The van der Waals surface area contributed by atoms with Crippen molar-refractivity contribution in [3.8, 4) is 0 Å². The molecule has 0 amide bonds. The van der Waals surface area contributed by atoms with E-state index in [2.05, 4.69) is 48.4 Å². The molecule has 0 bridgehead atoms. The van der Waals surface area contributed by atoms with Crippen LogP contribution in [0, 0.1) is 0 Å². The Morgan fingerprint density at radius 2 is 2.05 bits per heavy atom. The molecule has 0 aliphatic rings. The minimum absolute atomic E-state index is 0.398. The van der Waals surface area contributed by atoms with Crippen LogP contribution in [0.5, 0.6) is 0 Å². The number of hydrogen-bond acceptors (Lipinski definition) is 4. The quantitative estimate of drug-likeness (QED) is 0.725. The van der Waals surface area contributed by atoms with Crippen molar-refractivity contribution in [2.24, 2.45) is 0 Å². The van der Waals surface area contributed by atoms with Crippen LogP contribution in [0.15, 0.2) is 40.2 Å². The predicted octanol–water partition coefficient (Wildman–Crippen LogP) is 4.54. The van der Waals surface area contributed by atoms with Gasteiger partial charge in [-0.3, -0.25) is 0 Å². The highest BCUT2D eigenvalue weighted by Crippen LogP contribution is 2.26. The number of aromatic nitrogens is 1. The van der Waals surface area contributed by atoms with E-state index in [9.17, 15) is 0 Å². The normalized spacial score (nSPS) is 12.5. The molecule has 2 nitrogen and oxygen atoms in total. The highest BCUT2D eigenvalue weighted by atomic mass is 32.2. The van der Waals surface area contributed by atoms with Crippen molar-refractivity contribution in [3.63, 3.8) is 0 Å². The zero-order valence-electron chi connectivity index (χ0n) is 12.1. The van der Waals surface area contributed by atoms with Gasteiger partial charge in [0.25, 0.3) is 0 Å². The summed E-state index contributed by atoms with van der Waals surface area (Å²) < 4.78 is 1.15. The summed E-state index contributed by atoms with van der Waals surface area (Å²) in [4.78, 5) is 4.34. The van der Waals surface area contributed by atoms with Crippen LogP contribution in [-0.4, -0.2) is 17.3 Å². The third-order valence-electron chi connectivity index (χ3n) is 3.21. The van der Waals surface area contributed by atoms with E-state index in [0.717, 1.165) is 29.5 Å². The largest absolute Gasteiger partial charge is 0.309 e. The van der Waals surface area contributed by atoms with Crippen molar-refractivity contribution in [2.45, 2.75) is 37.1 Å². The van der Waals surface area contributed by atoms with Gasteiger partial charge in [0.1, 0.15) is 4.34 Å². The molecule has 20 heavy (non-hydrogen) atoms. The number of thiazole rings is 1. The second kappa shape index (κ2) is 8.45. The highest BCUT2D eigenvalue weighted by molar-refractivity contribution is 8.01. The first-order chi connectivity index (χ1) is 9.83. The Morgan fingerprint density at radius 1 is 1.25 bits per heavy atom. The summed E-state index contributed by atoms with van der Waals surface area (Å²) in [5, 5.41) is 5.68. The zero-order chi connectivity index (χ0) is 14.2. The van der Waals surface area contributed by atoms with Gasteiger partial charge in [0.05, 0.1) is 0 Å². The van der Waals surface area contributed by atoms with Gasteiger partial charge in [-0.1, -0.05) is 49.9 Å². The minimum atomic E-state index is 0.398. The molecular weight excluding hydrogens is 284 g/mol. The molecule has 0 spiro atoms. The smallest absolute Gasteiger partial charge is 0.149 e. The molecule has 2 rings (SSSR count). The molecule has 0 radical (unpaired) electrons. The molecule has 0 saturated carbocycles. The highest BCUT2D eigenvalue weighted by Gasteiger charge is 2.12. The number of hydrogen-bond donors (Lipinski definition) is 1. The van der Waals surface area contributed by atoms with Gasteiger partial charge in [-0.05, 0) is 30.5 Å². The average molecular weight is 307 g/mol. The summed E-state index contributed by atoms with van der Waals surface area (Å²) in [5.41, 5.74) is 2.77. The van der Waals surface area contributed by atoms with Crippen LogP contribution in [0.4, 0.5) is 0 Å². The summed E-state index contributed by atoms with van der Waals surface area (Å²) in [6.45, 7) is 5.46. The Morgan fingerprint density at radius 3 is 2.65 bits per heavy atom. The first-order valence-corrected chi connectivity index (χ1v) is 9.04. The lowest BCUT2D eigenvalue weighted by Crippen LogP contribution is -2.24. The van der Waals surface area contributed by atoms with Crippen molar-refractivity contribution in [1.29, 1.82) is 0 Å². The Hall–Kier alpha value is -0.840. The first-order valence-electron chi connectivity index (χ1n) is 7.18. The number of aryl methyl sites for hydroxylation is 1. The number of rotatable bonds is 8. The van der Waals surface area contributed by atoms with Crippen LogP contribution in [0.1, 0.15) is 37.4 Å². The van der Waals surface area contributed by atoms with Gasteiger partial charge in [0.2, 0.25) is 0 Å². The lowest BCUT2D eigenvalue weighted by Gasteiger charge is -2.18. The molecule has 4 heteroatoms. The molecular formula is C16H22N2S2. The van der Waals surface area contributed by atoms with Gasteiger partial charge in [-0.25, -0.2) is 4.98 Å². The van der Waals surface area contributed by atoms with E-state index in [4.69, 9.17) is 0 Å². The van der Waals surface area contributed by atoms with Crippen LogP contribution in [-0.2, 0) is 6.42 Å². The zero-order valence-corrected chi connectivity index (χ0v) is 13.8. The summed E-state index contributed by atoms with van der Waals surface area (Å²) in [7, 11) is 0. The Kier molecular flexibility index (Phi) is 6.57. The van der Waals surface area contributed by atoms with Crippen molar-refractivity contribution < 1.29 is 0 Å². The maximum atomic E-state index is 4.34. The van der Waals surface area contributed by atoms with E-state index < -0.39 is 0 Å². The molecule has 1 N–H and O–H groups in total. The van der Waals surface area contributed by atoms with Gasteiger partial charge < -0.3 is 5.32 Å². The van der Waals surface area contributed by atoms with E-state index in [-0.39, 0.29) is 0 Å². The Balaban J connectivity index is 2.01. The molecule has 0 aliphatic heterocycles. The fourth-order valence-corrected chi connectivity index (χ4v) is 3.77. The molecule has 1 unspecified atom stereocenters. The standard InChI is InChI=1S/C16H22N2S2/c1-3-9-17-15(12-20-16-18-10-11-19-16)14-7-5-13(4-2)6-8-14/h5-8,10-11,15,17H,3-4,9,12H2,1-2H3. The SMILES string of the molecule is CCCNC(CSc1nccs1)c1ccc(CC)cc1. The summed E-state index contributed by atoms with van der Waals surface area (Å²) in [6, 6.07) is 9.40. The Bertz CT molecular complexity index is 480. The van der Waals surface area contributed by atoms with E-state index in [1.165, 1.54) is 11.1 Å². The van der Waals surface area contributed by atoms with Gasteiger partial charge >= 0.3 is 0 Å².